The second kappa shape index (κ2) is 6.26. The van der Waals surface area contributed by atoms with E-state index in [-0.39, 0.29) is 17.3 Å². The predicted octanol–water partition coefficient (Wildman–Crippen LogP) is 1.16. The number of hydrogen-bond donors (Lipinski definition) is 0. The number of ether oxygens (including phenoxy) is 1. The maximum atomic E-state index is 12.8. The van der Waals surface area contributed by atoms with Crippen molar-refractivity contribution in [3.8, 4) is 5.75 Å². The molecular formula is C15H22N2O4S. The molecule has 1 aromatic rings. The van der Waals surface area contributed by atoms with Crippen LogP contribution in [0.25, 0.3) is 0 Å². The molecule has 1 aromatic carbocycles. The van der Waals surface area contributed by atoms with E-state index in [1.807, 2.05) is 13.8 Å². The molecule has 0 N–H and O–H groups in total. The number of benzene rings is 1. The topological polar surface area (TPSA) is 66.9 Å². The summed E-state index contributed by atoms with van der Waals surface area (Å²) in [6, 6.07) is 3.36. The van der Waals surface area contributed by atoms with E-state index in [0.29, 0.717) is 31.0 Å². The van der Waals surface area contributed by atoms with E-state index in [1.165, 1.54) is 4.31 Å². The summed E-state index contributed by atoms with van der Waals surface area (Å²) in [5.74, 6) is 0.503. The van der Waals surface area contributed by atoms with Gasteiger partial charge in [0.25, 0.3) is 0 Å². The van der Waals surface area contributed by atoms with E-state index in [1.54, 1.807) is 31.0 Å². The van der Waals surface area contributed by atoms with E-state index in [2.05, 4.69) is 0 Å². The highest BCUT2D eigenvalue weighted by atomic mass is 32.2. The van der Waals surface area contributed by atoms with Crippen molar-refractivity contribution < 1.29 is 17.9 Å². The monoisotopic (exact) mass is 326 g/mol. The fourth-order valence-electron chi connectivity index (χ4n) is 2.43. The number of amides is 1. The summed E-state index contributed by atoms with van der Waals surface area (Å²) in [6.45, 7) is 6.59. The van der Waals surface area contributed by atoms with Gasteiger partial charge in [0.2, 0.25) is 15.9 Å². The lowest BCUT2D eigenvalue weighted by Crippen LogP contribution is -2.50. The van der Waals surface area contributed by atoms with Crippen LogP contribution in [0.1, 0.15) is 18.1 Å². The molecule has 0 unspecified atom stereocenters. The van der Waals surface area contributed by atoms with Crippen molar-refractivity contribution in [3.63, 3.8) is 0 Å². The lowest BCUT2D eigenvalue weighted by atomic mass is 10.1. The molecule has 1 saturated heterocycles. The van der Waals surface area contributed by atoms with Gasteiger partial charge in [-0.05, 0) is 44.0 Å². The second-order valence-corrected chi connectivity index (χ2v) is 7.38. The molecule has 22 heavy (non-hydrogen) atoms. The van der Waals surface area contributed by atoms with Crippen LogP contribution in [0.15, 0.2) is 17.0 Å². The SMILES string of the molecule is CCOc1cc(C)c(S(=O)(=O)N2CCN(C)C(=O)C2)cc1C. The van der Waals surface area contributed by atoms with Crippen molar-refractivity contribution in [3.05, 3.63) is 23.3 Å². The largest absolute Gasteiger partial charge is 0.494 e. The molecule has 6 nitrogen and oxygen atoms in total. The molecule has 1 aliphatic heterocycles. The fourth-order valence-corrected chi connectivity index (χ4v) is 4.11. The smallest absolute Gasteiger partial charge is 0.243 e. The first-order valence-electron chi connectivity index (χ1n) is 7.25. The quantitative estimate of drug-likeness (QED) is 0.833. The number of sulfonamides is 1. The van der Waals surface area contributed by atoms with E-state index in [0.717, 1.165) is 5.56 Å². The normalized spacial score (nSPS) is 16.9. The van der Waals surface area contributed by atoms with Gasteiger partial charge < -0.3 is 9.64 Å². The molecule has 7 heteroatoms. The molecular weight excluding hydrogens is 304 g/mol. The number of carbonyl (C=O) groups excluding carboxylic acids is 1. The highest BCUT2D eigenvalue weighted by Crippen LogP contribution is 2.28. The van der Waals surface area contributed by atoms with Gasteiger partial charge in [0.1, 0.15) is 5.75 Å². The standard InChI is InChI=1S/C15H22N2O4S/c1-5-21-13-8-12(3)14(9-11(13)2)22(19,20)17-7-6-16(4)15(18)10-17/h8-9H,5-7,10H2,1-4H3. The Kier molecular flexibility index (Phi) is 4.77. The minimum Gasteiger partial charge on any atom is -0.494 e. The molecule has 0 aliphatic carbocycles. The van der Waals surface area contributed by atoms with E-state index < -0.39 is 10.0 Å². The van der Waals surface area contributed by atoms with Crippen molar-refractivity contribution in [2.75, 3.05) is 33.3 Å². The van der Waals surface area contributed by atoms with Crippen LogP contribution >= 0.6 is 0 Å². The van der Waals surface area contributed by atoms with Gasteiger partial charge in [-0.2, -0.15) is 4.31 Å². The van der Waals surface area contributed by atoms with E-state index in [4.69, 9.17) is 4.74 Å². The summed E-state index contributed by atoms with van der Waals surface area (Å²) in [6.07, 6.45) is 0. The summed E-state index contributed by atoms with van der Waals surface area (Å²) in [7, 11) is -1.99. The molecule has 1 aliphatic rings. The van der Waals surface area contributed by atoms with Crippen LogP contribution in [0.4, 0.5) is 0 Å². The summed E-state index contributed by atoms with van der Waals surface area (Å²) in [5, 5.41) is 0. The Morgan fingerprint density at radius 3 is 2.45 bits per heavy atom. The third-order valence-electron chi connectivity index (χ3n) is 3.81. The van der Waals surface area contributed by atoms with E-state index >= 15 is 0 Å². The van der Waals surface area contributed by atoms with Gasteiger partial charge in [0.15, 0.2) is 0 Å². The number of hydrogen-bond acceptors (Lipinski definition) is 4. The molecule has 0 saturated carbocycles. The fraction of sp³-hybridized carbons (Fsp3) is 0.533. The van der Waals surface area contributed by atoms with Crippen LogP contribution in [0, 0.1) is 13.8 Å². The maximum Gasteiger partial charge on any atom is 0.243 e. The summed E-state index contributed by atoms with van der Waals surface area (Å²) >= 11 is 0. The molecule has 0 atom stereocenters. The van der Waals surface area contributed by atoms with Crippen molar-refractivity contribution in [1.82, 2.24) is 9.21 Å². The first kappa shape index (κ1) is 16.8. The predicted molar refractivity (Wildman–Crippen MR) is 83.5 cm³/mol. The summed E-state index contributed by atoms with van der Waals surface area (Å²) in [4.78, 5) is 13.6. The van der Waals surface area contributed by atoms with Crippen molar-refractivity contribution >= 4 is 15.9 Å². The highest BCUT2D eigenvalue weighted by Gasteiger charge is 2.32. The minimum atomic E-state index is -3.67. The molecule has 122 valence electrons. The van der Waals surface area contributed by atoms with Gasteiger partial charge in [-0.15, -0.1) is 0 Å². The zero-order chi connectivity index (χ0) is 16.5. The minimum absolute atomic E-state index is 0.107. The Balaban J connectivity index is 2.38. The summed E-state index contributed by atoms with van der Waals surface area (Å²) in [5.41, 5.74) is 1.40. The molecule has 2 rings (SSSR count). The van der Waals surface area contributed by atoms with Gasteiger partial charge in [-0.1, -0.05) is 0 Å². The molecule has 0 spiro atoms. The van der Waals surface area contributed by atoms with Gasteiger partial charge in [-0.3, -0.25) is 4.79 Å². The second-order valence-electron chi connectivity index (χ2n) is 5.47. The first-order chi connectivity index (χ1) is 10.3. The van der Waals surface area contributed by atoms with Gasteiger partial charge in [0.05, 0.1) is 18.0 Å². The van der Waals surface area contributed by atoms with Crippen LogP contribution in [-0.4, -0.2) is 56.8 Å². The van der Waals surface area contributed by atoms with Crippen LogP contribution in [0.3, 0.4) is 0 Å². The van der Waals surface area contributed by atoms with Crippen LogP contribution in [-0.2, 0) is 14.8 Å². The average molecular weight is 326 g/mol. The molecule has 0 radical (unpaired) electrons. The Morgan fingerprint density at radius 2 is 1.86 bits per heavy atom. The number of carbonyl (C=O) groups is 1. The number of likely N-dealkylation sites (N-methyl/N-ethyl adjacent to an activating group) is 1. The van der Waals surface area contributed by atoms with Gasteiger partial charge in [-0.25, -0.2) is 8.42 Å². The third-order valence-corrected chi connectivity index (χ3v) is 5.80. The lowest BCUT2D eigenvalue weighted by molar-refractivity contribution is -0.132. The highest BCUT2D eigenvalue weighted by molar-refractivity contribution is 7.89. The van der Waals surface area contributed by atoms with Gasteiger partial charge >= 0.3 is 0 Å². The Hall–Kier alpha value is -1.60. The Bertz CT molecular complexity index is 685. The van der Waals surface area contributed by atoms with E-state index in [9.17, 15) is 13.2 Å². The maximum absolute atomic E-state index is 12.8. The van der Waals surface area contributed by atoms with Crippen LogP contribution in [0.5, 0.6) is 5.75 Å². The Morgan fingerprint density at radius 1 is 1.18 bits per heavy atom. The molecule has 1 heterocycles. The zero-order valence-electron chi connectivity index (χ0n) is 13.4. The van der Waals surface area contributed by atoms with Gasteiger partial charge in [0, 0.05) is 20.1 Å². The number of rotatable bonds is 4. The molecule has 1 amide bonds. The zero-order valence-corrected chi connectivity index (χ0v) is 14.2. The molecule has 1 fully saturated rings. The average Bonchev–Trinajstić information content (AvgIpc) is 2.45. The molecule has 0 aromatic heterocycles. The Labute approximate surface area is 131 Å². The third kappa shape index (κ3) is 3.10. The van der Waals surface area contributed by atoms with Crippen molar-refractivity contribution in [2.24, 2.45) is 0 Å². The lowest BCUT2D eigenvalue weighted by Gasteiger charge is -2.31. The van der Waals surface area contributed by atoms with Crippen LogP contribution in [0.2, 0.25) is 0 Å². The number of aryl methyl sites for hydroxylation is 2. The number of piperazine rings is 1. The first-order valence-corrected chi connectivity index (χ1v) is 8.69. The molecule has 0 bridgehead atoms. The van der Waals surface area contributed by atoms with Crippen molar-refractivity contribution in [2.45, 2.75) is 25.7 Å². The number of nitrogens with zero attached hydrogens (tertiary/aromatic N) is 2. The van der Waals surface area contributed by atoms with Crippen molar-refractivity contribution in [1.29, 1.82) is 0 Å². The summed E-state index contributed by atoms with van der Waals surface area (Å²) < 4.78 is 32.3. The van der Waals surface area contributed by atoms with Crippen LogP contribution < -0.4 is 4.74 Å².